The maximum Gasteiger partial charge on any atom is 0.266 e. The number of carbonyl (C=O) groups excluding carboxylic acids is 3. The van der Waals surface area contributed by atoms with Crippen molar-refractivity contribution in [2.75, 3.05) is 11.9 Å². The Balaban J connectivity index is 1.62. The lowest BCUT2D eigenvalue weighted by Gasteiger charge is -2.15. The van der Waals surface area contributed by atoms with Gasteiger partial charge in [0.25, 0.3) is 5.91 Å². The molecule has 1 aliphatic heterocycles. The van der Waals surface area contributed by atoms with Gasteiger partial charge < -0.3 is 15.2 Å². The van der Waals surface area contributed by atoms with Crippen LogP contribution in [0.25, 0.3) is 6.08 Å². The topological polar surface area (TPSA) is 89.5 Å². The zero-order valence-corrected chi connectivity index (χ0v) is 18.3. The highest BCUT2D eigenvalue weighted by atomic mass is 32.2. The van der Waals surface area contributed by atoms with Crippen molar-refractivity contribution in [3.05, 3.63) is 82.3 Å². The molecular formula is C23H19N2O4S2-. The molecule has 158 valence electrons. The van der Waals surface area contributed by atoms with Crippen LogP contribution >= 0.6 is 24.0 Å². The van der Waals surface area contributed by atoms with E-state index >= 15 is 0 Å². The Labute approximate surface area is 189 Å². The zero-order valence-electron chi connectivity index (χ0n) is 16.7. The molecule has 0 bridgehead atoms. The Bertz CT molecular complexity index is 1090. The van der Waals surface area contributed by atoms with Crippen molar-refractivity contribution in [3.8, 4) is 0 Å². The molecule has 3 rings (SSSR count). The summed E-state index contributed by atoms with van der Waals surface area (Å²) in [6, 6.07) is 15.7. The molecule has 1 fully saturated rings. The number of hydrogen-bond acceptors (Lipinski definition) is 6. The number of carbonyl (C=O) groups is 3. The van der Waals surface area contributed by atoms with Crippen molar-refractivity contribution in [1.82, 2.24) is 4.90 Å². The Hall–Kier alpha value is -3.23. The minimum absolute atomic E-state index is 0.0278. The lowest BCUT2D eigenvalue weighted by atomic mass is 10.1. The fourth-order valence-corrected chi connectivity index (χ4v) is 4.31. The summed E-state index contributed by atoms with van der Waals surface area (Å²) in [5, 5.41) is 13.7. The van der Waals surface area contributed by atoms with Crippen molar-refractivity contribution in [1.29, 1.82) is 0 Å². The van der Waals surface area contributed by atoms with Gasteiger partial charge in [0.1, 0.15) is 4.32 Å². The summed E-state index contributed by atoms with van der Waals surface area (Å²) in [4.78, 5) is 38.0. The highest BCUT2D eigenvalue weighted by Gasteiger charge is 2.32. The van der Waals surface area contributed by atoms with Gasteiger partial charge in [-0.25, -0.2) is 0 Å². The number of rotatable bonds is 7. The van der Waals surface area contributed by atoms with E-state index in [-0.39, 0.29) is 30.1 Å². The van der Waals surface area contributed by atoms with Crippen LogP contribution in [0.4, 0.5) is 5.69 Å². The largest absolute Gasteiger partial charge is 0.545 e. The molecular weight excluding hydrogens is 432 g/mol. The number of carboxylic acids is 1. The van der Waals surface area contributed by atoms with Gasteiger partial charge in [-0.3, -0.25) is 14.5 Å². The number of carboxylic acid groups (broad SMARTS) is 1. The zero-order chi connectivity index (χ0) is 22.4. The van der Waals surface area contributed by atoms with Gasteiger partial charge in [0.2, 0.25) is 5.91 Å². The number of thiocarbonyl (C=S) groups is 1. The maximum absolute atomic E-state index is 12.7. The predicted molar refractivity (Wildman–Crippen MR) is 124 cm³/mol. The van der Waals surface area contributed by atoms with E-state index in [9.17, 15) is 19.5 Å². The van der Waals surface area contributed by atoms with Crippen LogP contribution in [-0.2, 0) is 9.59 Å². The van der Waals surface area contributed by atoms with E-state index in [1.807, 2.05) is 43.3 Å². The number of aromatic carboxylic acids is 1. The fraction of sp³-hybridized carbons (Fsp3) is 0.130. The minimum Gasteiger partial charge on any atom is -0.545 e. The van der Waals surface area contributed by atoms with Gasteiger partial charge in [-0.2, -0.15) is 0 Å². The second-order valence-corrected chi connectivity index (χ2v) is 8.44. The number of amides is 2. The molecule has 0 spiro atoms. The number of anilines is 1. The van der Waals surface area contributed by atoms with Crippen LogP contribution < -0.4 is 10.4 Å². The third-order valence-corrected chi connectivity index (χ3v) is 5.79. The molecule has 2 aromatic rings. The monoisotopic (exact) mass is 451 g/mol. The van der Waals surface area contributed by atoms with Crippen LogP contribution in [0.15, 0.2) is 71.2 Å². The molecule has 0 radical (unpaired) electrons. The molecule has 2 aromatic carbocycles. The van der Waals surface area contributed by atoms with Gasteiger partial charge in [0, 0.05) is 24.2 Å². The third-order valence-electron chi connectivity index (χ3n) is 4.41. The maximum atomic E-state index is 12.7. The SMILES string of the molecule is CC(=Cc1ccccc1)C=C1SC(=S)N(CCC(=O)Nc2ccccc2C(=O)[O-])C1=O. The van der Waals surface area contributed by atoms with E-state index in [1.165, 1.54) is 28.8 Å². The van der Waals surface area contributed by atoms with E-state index in [1.54, 1.807) is 18.2 Å². The molecule has 2 amide bonds. The number of benzene rings is 2. The highest BCUT2D eigenvalue weighted by molar-refractivity contribution is 8.26. The van der Waals surface area contributed by atoms with Gasteiger partial charge in [-0.1, -0.05) is 78.6 Å². The number of nitrogens with zero attached hydrogens (tertiary/aromatic N) is 1. The molecule has 1 N–H and O–H groups in total. The first-order valence-corrected chi connectivity index (χ1v) is 10.7. The van der Waals surface area contributed by atoms with E-state index in [4.69, 9.17) is 12.2 Å². The Morgan fingerprint density at radius 2 is 1.81 bits per heavy atom. The summed E-state index contributed by atoms with van der Waals surface area (Å²) in [5.74, 6) is -2.05. The number of nitrogens with one attached hydrogen (secondary N) is 1. The van der Waals surface area contributed by atoms with Crippen molar-refractivity contribution >= 4 is 57.8 Å². The summed E-state index contributed by atoms with van der Waals surface area (Å²) in [6.07, 6.45) is 3.72. The van der Waals surface area contributed by atoms with Gasteiger partial charge in [0.15, 0.2) is 0 Å². The Morgan fingerprint density at radius 3 is 2.52 bits per heavy atom. The van der Waals surface area contributed by atoms with E-state index in [0.717, 1.165) is 11.1 Å². The normalized spacial score (nSPS) is 15.5. The second kappa shape index (κ2) is 10.2. The number of para-hydroxylation sites is 1. The van der Waals surface area contributed by atoms with E-state index < -0.39 is 11.9 Å². The van der Waals surface area contributed by atoms with Gasteiger partial charge in [-0.15, -0.1) is 0 Å². The highest BCUT2D eigenvalue weighted by Crippen LogP contribution is 2.32. The first kappa shape index (κ1) is 22.5. The molecule has 6 nitrogen and oxygen atoms in total. The fourth-order valence-electron chi connectivity index (χ4n) is 2.95. The quantitative estimate of drug-likeness (QED) is 0.514. The standard InChI is InChI=1S/C23H20N2O4S2/c1-15(13-16-7-3-2-4-8-16)14-19-21(27)25(23(30)31-19)12-11-20(26)24-18-10-6-5-9-17(18)22(28)29/h2-10,13-14H,11-12H2,1H3,(H,24,26)(H,28,29)/p-1. The average molecular weight is 452 g/mol. The molecule has 1 aliphatic rings. The van der Waals surface area contributed by atoms with E-state index in [0.29, 0.717) is 9.23 Å². The molecule has 0 aliphatic carbocycles. The first-order chi connectivity index (χ1) is 14.8. The smallest absolute Gasteiger partial charge is 0.266 e. The number of allylic oxidation sites excluding steroid dienone is 2. The molecule has 0 atom stereocenters. The van der Waals surface area contributed by atoms with E-state index in [2.05, 4.69) is 5.32 Å². The van der Waals surface area contributed by atoms with Crippen LogP contribution in [-0.4, -0.2) is 33.5 Å². The predicted octanol–water partition coefficient (Wildman–Crippen LogP) is 3.23. The van der Waals surface area contributed by atoms with Crippen molar-refractivity contribution in [2.45, 2.75) is 13.3 Å². The van der Waals surface area contributed by atoms with Crippen molar-refractivity contribution in [2.24, 2.45) is 0 Å². The summed E-state index contributed by atoms with van der Waals surface area (Å²) >= 11 is 6.50. The summed E-state index contributed by atoms with van der Waals surface area (Å²) < 4.78 is 0.381. The van der Waals surface area contributed by atoms with Crippen LogP contribution in [0.1, 0.15) is 29.3 Å². The molecule has 31 heavy (non-hydrogen) atoms. The minimum atomic E-state index is -1.38. The van der Waals surface area contributed by atoms with Gasteiger partial charge in [-0.05, 0) is 30.2 Å². The first-order valence-electron chi connectivity index (χ1n) is 9.44. The molecule has 0 unspecified atom stereocenters. The third kappa shape index (κ3) is 5.90. The lowest BCUT2D eigenvalue weighted by Crippen LogP contribution is -2.32. The average Bonchev–Trinajstić information content (AvgIpc) is 2.99. The van der Waals surface area contributed by atoms with Gasteiger partial charge >= 0.3 is 0 Å². The molecule has 0 aromatic heterocycles. The van der Waals surface area contributed by atoms with Crippen molar-refractivity contribution < 1.29 is 19.5 Å². The van der Waals surface area contributed by atoms with Crippen LogP contribution in [0, 0.1) is 0 Å². The van der Waals surface area contributed by atoms with Crippen LogP contribution in [0.5, 0.6) is 0 Å². The van der Waals surface area contributed by atoms with Crippen LogP contribution in [0.3, 0.4) is 0 Å². The number of hydrogen-bond donors (Lipinski definition) is 1. The Kier molecular flexibility index (Phi) is 7.38. The summed E-state index contributed by atoms with van der Waals surface area (Å²) in [5.41, 5.74) is 1.98. The Morgan fingerprint density at radius 1 is 1.13 bits per heavy atom. The molecule has 0 saturated carbocycles. The summed E-state index contributed by atoms with van der Waals surface area (Å²) in [6.45, 7) is 2.00. The van der Waals surface area contributed by atoms with Crippen LogP contribution in [0.2, 0.25) is 0 Å². The summed E-state index contributed by atoms with van der Waals surface area (Å²) in [7, 11) is 0. The molecule has 8 heteroatoms. The van der Waals surface area contributed by atoms with Gasteiger partial charge in [0.05, 0.1) is 10.9 Å². The molecule has 1 saturated heterocycles. The van der Waals surface area contributed by atoms with Crippen molar-refractivity contribution in [3.63, 3.8) is 0 Å². The lowest BCUT2D eigenvalue weighted by molar-refractivity contribution is -0.254. The molecule has 1 heterocycles. The number of thioether (sulfide) groups is 1. The second-order valence-electron chi connectivity index (χ2n) is 6.76.